The fourth-order valence-electron chi connectivity index (χ4n) is 5.30. The zero-order valence-corrected chi connectivity index (χ0v) is 24.1. The van der Waals surface area contributed by atoms with Gasteiger partial charge in [-0.15, -0.1) is 11.3 Å². The highest BCUT2D eigenvalue weighted by Crippen LogP contribution is 2.42. The summed E-state index contributed by atoms with van der Waals surface area (Å²) in [5.74, 6) is 0.956. The number of pyridine rings is 1. The number of benzene rings is 2. The molecule has 4 aromatic rings. The number of aryl methyl sites for hydroxylation is 1. The number of amides is 2. The SMILES string of the molecule is Cc1cccc(F)c1NC(=O)c1cc2c(s1)-c1ccccc1N(C(=O)c1cccc(NC3CCS(=O)CC3)n1)CC2. The van der Waals surface area contributed by atoms with Crippen molar-refractivity contribution >= 4 is 51.1 Å². The largest absolute Gasteiger partial charge is 0.367 e. The Morgan fingerprint density at radius 1 is 1.05 bits per heavy atom. The summed E-state index contributed by atoms with van der Waals surface area (Å²) in [6.45, 7) is 2.17. The molecular weight excluding hydrogens is 559 g/mol. The Bertz CT molecular complexity index is 1640. The fourth-order valence-corrected chi connectivity index (χ4v) is 7.74. The van der Waals surface area contributed by atoms with Crippen LogP contribution in [0.25, 0.3) is 10.4 Å². The molecule has 0 spiro atoms. The standard InChI is InChI=1S/C31H29FN4O3S2/c1-19-6-4-8-23(32)28(19)35-30(37)26-18-20-12-15-36(25-10-3-2-7-22(25)29(20)40-26)31(38)24-9-5-11-27(34-24)33-21-13-16-41(39)17-14-21/h2-11,18,21H,12-17H2,1H3,(H,33,34)(H,35,37). The first-order valence-electron chi connectivity index (χ1n) is 13.6. The number of rotatable bonds is 5. The van der Waals surface area contributed by atoms with Crippen LogP contribution in [0.1, 0.15) is 44.1 Å². The Balaban J connectivity index is 1.25. The quantitative estimate of drug-likeness (QED) is 0.297. The van der Waals surface area contributed by atoms with Gasteiger partial charge in [0.2, 0.25) is 0 Å². The van der Waals surface area contributed by atoms with Gasteiger partial charge in [0.25, 0.3) is 11.8 Å². The van der Waals surface area contributed by atoms with Crippen LogP contribution in [0, 0.1) is 12.7 Å². The van der Waals surface area contributed by atoms with Crippen molar-refractivity contribution in [2.45, 2.75) is 32.2 Å². The lowest BCUT2D eigenvalue weighted by molar-refractivity contribution is 0.0981. The number of carbonyl (C=O) groups is 2. The van der Waals surface area contributed by atoms with Gasteiger partial charge in [-0.1, -0.05) is 36.4 Å². The summed E-state index contributed by atoms with van der Waals surface area (Å²) in [5.41, 5.74) is 3.76. The number of thiophene rings is 1. The highest BCUT2D eigenvalue weighted by atomic mass is 32.2. The minimum atomic E-state index is -0.744. The van der Waals surface area contributed by atoms with Crippen LogP contribution in [-0.2, 0) is 17.2 Å². The number of fused-ring (bicyclic) bond motifs is 3. The summed E-state index contributed by atoms with van der Waals surface area (Å²) < 4.78 is 26.1. The summed E-state index contributed by atoms with van der Waals surface area (Å²) in [6, 6.07) is 19.8. The van der Waals surface area contributed by atoms with E-state index >= 15 is 0 Å². The van der Waals surface area contributed by atoms with E-state index in [0.29, 0.717) is 46.4 Å². The first-order chi connectivity index (χ1) is 19.9. The van der Waals surface area contributed by atoms with Gasteiger partial charge in [0.15, 0.2) is 0 Å². The third-order valence-corrected chi connectivity index (χ3v) is 10.1. The highest BCUT2D eigenvalue weighted by molar-refractivity contribution is 7.85. The first kappa shape index (κ1) is 27.3. The van der Waals surface area contributed by atoms with Crippen molar-refractivity contribution in [3.05, 3.63) is 94.2 Å². The third-order valence-electron chi connectivity index (χ3n) is 7.49. The van der Waals surface area contributed by atoms with Crippen molar-refractivity contribution in [1.82, 2.24) is 4.98 Å². The van der Waals surface area contributed by atoms with E-state index in [-0.39, 0.29) is 23.5 Å². The predicted molar refractivity (Wildman–Crippen MR) is 163 cm³/mol. The molecule has 2 aliphatic rings. The van der Waals surface area contributed by atoms with Crippen LogP contribution in [0.2, 0.25) is 0 Å². The number of carbonyl (C=O) groups excluding carboxylic acids is 2. The molecule has 6 rings (SSSR count). The van der Waals surface area contributed by atoms with E-state index in [1.165, 1.54) is 17.4 Å². The molecule has 0 aliphatic carbocycles. The molecule has 41 heavy (non-hydrogen) atoms. The molecule has 1 saturated heterocycles. The lowest BCUT2D eigenvalue weighted by Crippen LogP contribution is -2.33. The molecule has 0 atom stereocenters. The van der Waals surface area contributed by atoms with Crippen molar-refractivity contribution in [1.29, 1.82) is 0 Å². The highest BCUT2D eigenvalue weighted by Gasteiger charge is 2.28. The van der Waals surface area contributed by atoms with Gasteiger partial charge in [-0.2, -0.15) is 0 Å². The molecule has 0 unspecified atom stereocenters. The zero-order chi connectivity index (χ0) is 28.5. The van der Waals surface area contributed by atoms with Gasteiger partial charge < -0.3 is 15.5 Å². The van der Waals surface area contributed by atoms with Crippen molar-refractivity contribution in [3.8, 4) is 10.4 Å². The van der Waals surface area contributed by atoms with Crippen LogP contribution in [0.4, 0.5) is 21.6 Å². The van der Waals surface area contributed by atoms with Crippen LogP contribution in [-0.4, -0.2) is 45.1 Å². The van der Waals surface area contributed by atoms with E-state index in [9.17, 15) is 18.2 Å². The van der Waals surface area contributed by atoms with E-state index in [1.807, 2.05) is 42.5 Å². The first-order valence-corrected chi connectivity index (χ1v) is 15.9. The smallest absolute Gasteiger partial charge is 0.276 e. The summed E-state index contributed by atoms with van der Waals surface area (Å²) in [5, 5.41) is 6.14. The van der Waals surface area contributed by atoms with Crippen molar-refractivity contribution in [2.75, 3.05) is 33.6 Å². The van der Waals surface area contributed by atoms with Gasteiger partial charge in [0.05, 0.1) is 16.3 Å². The molecule has 0 bridgehead atoms. The lowest BCUT2D eigenvalue weighted by atomic mass is 10.1. The van der Waals surface area contributed by atoms with E-state index in [2.05, 4.69) is 15.6 Å². The molecule has 4 heterocycles. The summed E-state index contributed by atoms with van der Waals surface area (Å²) >= 11 is 1.34. The molecule has 1 fully saturated rings. The molecule has 210 valence electrons. The molecule has 0 saturated carbocycles. The number of anilines is 3. The molecular formula is C31H29FN4O3S2. The zero-order valence-electron chi connectivity index (χ0n) is 22.5. The van der Waals surface area contributed by atoms with Gasteiger partial charge in [-0.3, -0.25) is 13.8 Å². The third kappa shape index (κ3) is 5.67. The normalized spacial score (nSPS) is 18.1. The van der Waals surface area contributed by atoms with Crippen molar-refractivity contribution in [3.63, 3.8) is 0 Å². The summed E-state index contributed by atoms with van der Waals surface area (Å²) in [6.07, 6.45) is 2.18. The van der Waals surface area contributed by atoms with E-state index in [1.54, 1.807) is 30.0 Å². The van der Waals surface area contributed by atoms with Crippen LogP contribution in [0.3, 0.4) is 0 Å². The average molecular weight is 589 g/mol. The van der Waals surface area contributed by atoms with E-state index in [0.717, 1.165) is 34.5 Å². The number of para-hydroxylation sites is 2. The van der Waals surface area contributed by atoms with Gasteiger partial charge in [-0.25, -0.2) is 9.37 Å². The van der Waals surface area contributed by atoms with Crippen LogP contribution < -0.4 is 15.5 Å². The molecule has 7 nitrogen and oxygen atoms in total. The number of aromatic nitrogens is 1. The van der Waals surface area contributed by atoms with E-state index in [4.69, 9.17) is 0 Å². The average Bonchev–Trinajstić information content (AvgIpc) is 3.34. The Morgan fingerprint density at radius 2 is 1.83 bits per heavy atom. The Hall–Kier alpha value is -3.89. The topological polar surface area (TPSA) is 91.4 Å². The second-order valence-electron chi connectivity index (χ2n) is 10.2. The molecule has 0 radical (unpaired) electrons. The minimum absolute atomic E-state index is 0.181. The summed E-state index contributed by atoms with van der Waals surface area (Å²) in [4.78, 5) is 34.7. The maximum atomic E-state index is 14.4. The van der Waals surface area contributed by atoms with Crippen LogP contribution >= 0.6 is 11.3 Å². The predicted octanol–water partition coefficient (Wildman–Crippen LogP) is 6.04. The molecule has 2 aromatic carbocycles. The molecule has 10 heteroatoms. The van der Waals surface area contributed by atoms with Gasteiger partial charge >= 0.3 is 0 Å². The second-order valence-corrected chi connectivity index (χ2v) is 13.0. The monoisotopic (exact) mass is 588 g/mol. The minimum Gasteiger partial charge on any atom is -0.367 e. The lowest BCUT2D eigenvalue weighted by Gasteiger charge is -2.24. The number of nitrogens with zero attached hydrogens (tertiary/aromatic N) is 2. The van der Waals surface area contributed by atoms with E-state index < -0.39 is 16.6 Å². The number of hydrogen-bond acceptors (Lipinski definition) is 6. The molecule has 2 N–H and O–H groups in total. The van der Waals surface area contributed by atoms with Crippen LogP contribution in [0.15, 0.2) is 66.7 Å². The Morgan fingerprint density at radius 3 is 2.63 bits per heavy atom. The maximum absolute atomic E-state index is 14.4. The Kier molecular flexibility index (Phi) is 7.68. The number of halogens is 1. The van der Waals surface area contributed by atoms with Crippen molar-refractivity contribution in [2.24, 2.45) is 0 Å². The van der Waals surface area contributed by atoms with Gasteiger partial charge in [0, 0.05) is 45.3 Å². The van der Waals surface area contributed by atoms with Crippen LogP contribution in [0.5, 0.6) is 0 Å². The van der Waals surface area contributed by atoms with Crippen molar-refractivity contribution < 1.29 is 18.2 Å². The Labute approximate surface area is 244 Å². The maximum Gasteiger partial charge on any atom is 0.276 e. The molecule has 2 amide bonds. The summed E-state index contributed by atoms with van der Waals surface area (Å²) in [7, 11) is -0.744. The fraction of sp³-hybridized carbons (Fsp3) is 0.258. The second kappa shape index (κ2) is 11.5. The number of nitrogens with one attached hydrogen (secondary N) is 2. The molecule has 2 aromatic heterocycles. The molecule has 2 aliphatic heterocycles. The number of hydrogen-bond donors (Lipinski definition) is 2. The van der Waals surface area contributed by atoms with Gasteiger partial charge in [0.1, 0.15) is 17.3 Å². The van der Waals surface area contributed by atoms with Gasteiger partial charge in [-0.05, 0) is 67.6 Å².